The number of hydrogen-bond donors (Lipinski definition) is 2. The van der Waals surface area contributed by atoms with E-state index in [0.29, 0.717) is 18.0 Å². The number of benzene rings is 2. The van der Waals surface area contributed by atoms with Gasteiger partial charge in [-0.15, -0.1) is 0 Å². The van der Waals surface area contributed by atoms with Crippen molar-refractivity contribution < 1.29 is 9.90 Å². The average Bonchev–Trinajstić information content (AvgIpc) is 2.48. The Morgan fingerprint density at radius 3 is 2.43 bits per heavy atom. The van der Waals surface area contributed by atoms with Gasteiger partial charge in [0.05, 0.1) is 5.56 Å². The standard InChI is InChI=1S/C18H21NO2/c1-13(2)17(15-8-4-3-5-9-15)19-12-14-7-6-10-16(11-14)18(20)21/h3-11,13,17,19H,12H2,1-2H3,(H,20,21). The number of nitrogens with one attached hydrogen (secondary N) is 1. The second kappa shape index (κ2) is 7.04. The summed E-state index contributed by atoms with van der Waals surface area (Å²) in [5, 5.41) is 12.6. The molecular formula is C18H21NO2. The number of hydrogen-bond acceptors (Lipinski definition) is 2. The highest BCUT2D eigenvalue weighted by Gasteiger charge is 2.15. The molecule has 0 aliphatic carbocycles. The van der Waals surface area contributed by atoms with Gasteiger partial charge >= 0.3 is 5.97 Å². The lowest BCUT2D eigenvalue weighted by Crippen LogP contribution is -2.25. The minimum absolute atomic E-state index is 0.250. The summed E-state index contributed by atoms with van der Waals surface area (Å²) in [6.45, 7) is 5.01. The van der Waals surface area contributed by atoms with Crippen molar-refractivity contribution in [3.63, 3.8) is 0 Å². The highest BCUT2D eigenvalue weighted by molar-refractivity contribution is 5.87. The number of carbonyl (C=O) groups is 1. The van der Waals surface area contributed by atoms with Gasteiger partial charge in [0.2, 0.25) is 0 Å². The lowest BCUT2D eigenvalue weighted by molar-refractivity contribution is 0.0696. The summed E-state index contributed by atoms with van der Waals surface area (Å²) in [6.07, 6.45) is 0. The molecule has 21 heavy (non-hydrogen) atoms. The summed E-state index contributed by atoms with van der Waals surface area (Å²) in [4.78, 5) is 11.0. The van der Waals surface area contributed by atoms with E-state index in [0.717, 1.165) is 5.56 Å². The molecule has 0 amide bonds. The second-order valence-electron chi connectivity index (χ2n) is 5.52. The number of carboxylic acid groups (broad SMARTS) is 1. The van der Waals surface area contributed by atoms with Crippen molar-refractivity contribution in [1.29, 1.82) is 0 Å². The first kappa shape index (κ1) is 15.3. The van der Waals surface area contributed by atoms with Crippen molar-refractivity contribution in [2.24, 2.45) is 5.92 Å². The molecule has 0 aromatic heterocycles. The zero-order valence-electron chi connectivity index (χ0n) is 12.4. The van der Waals surface area contributed by atoms with E-state index < -0.39 is 5.97 Å². The fraction of sp³-hybridized carbons (Fsp3) is 0.278. The monoisotopic (exact) mass is 283 g/mol. The van der Waals surface area contributed by atoms with Crippen LogP contribution in [0.1, 0.15) is 41.4 Å². The number of rotatable bonds is 6. The maximum atomic E-state index is 11.0. The van der Waals surface area contributed by atoms with Crippen LogP contribution in [0.2, 0.25) is 0 Å². The lowest BCUT2D eigenvalue weighted by Gasteiger charge is -2.23. The number of carboxylic acids is 1. The Bertz CT molecular complexity index is 593. The molecule has 0 radical (unpaired) electrons. The van der Waals surface area contributed by atoms with Gasteiger partial charge in [0.25, 0.3) is 0 Å². The predicted octanol–water partition coefficient (Wildman–Crippen LogP) is 3.87. The highest BCUT2D eigenvalue weighted by Crippen LogP contribution is 2.22. The van der Waals surface area contributed by atoms with Crippen LogP contribution >= 0.6 is 0 Å². The van der Waals surface area contributed by atoms with Crippen molar-refractivity contribution in [1.82, 2.24) is 5.32 Å². The van der Waals surface area contributed by atoms with E-state index in [1.807, 2.05) is 24.3 Å². The number of aromatic carboxylic acids is 1. The lowest BCUT2D eigenvalue weighted by atomic mass is 9.96. The third kappa shape index (κ3) is 4.17. The van der Waals surface area contributed by atoms with E-state index in [1.165, 1.54) is 5.56 Å². The van der Waals surface area contributed by atoms with Crippen molar-refractivity contribution in [3.8, 4) is 0 Å². The molecule has 0 aliphatic heterocycles. The van der Waals surface area contributed by atoms with Crippen molar-refractivity contribution in [2.45, 2.75) is 26.4 Å². The van der Waals surface area contributed by atoms with Gasteiger partial charge in [-0.2, -0.15) is 0 Å². The summed E-state index contributed by atoms with van der Waals surface area (Å²) >= 11 is 0. The Morgan fingerprint density at radius 1 is 1.10 bits per heavy atom. The molecule has 2 N–H and O–H groups in total. The molecule has 0 saturated carbocycles. The molecule has 2 aromatic rings. The third-order valence-corrected chi connectivity index (χ3v) is 3.53. The van der Waals surface area contributed by atoms with Crippen molar-refractivity contribution in [3.05, 3.63) is 71.3 Å². The Kier molecular flexibility index (Phi) is 5.12. The highest BCUT2D eigenvalue weighted by atomic mass is 16.4. The zero-order chi connectivity index (χ0) is 15.2. The largest absolute Gasteiger partial charge is 0.478 e. The smallest absolute Gasteiger partial charge is 0.335 e. The summed E-state index contributed by atoms with van der Waals surface area (Å²) in [6, 6.07) is 17.6. The molecule has 0 heterocycles. The summed E-state index contributed by atoms with van der Waals surface area (Å²) < 4.78 is 0. The molecule has 110 valence electrons. The Labute approximate surface area is 125 Å². The molecule has 1 atom stereocenters. The molecular weight excluding hydrogens is 262 g/mol. The minimum Gasteiger partial charge on any atom is -0.478 e. The molecule has 0 bridgehead atoms. The fourth-order valence-corrected chi connectivity index (χ4v) is 2.44. The maximum absolute atomic E-state index is 11.0. The average molecular weight is 283 g/mol. The van der Waals surface area contributed by atoms with E-state index in [2.05, 4.69) is 31.3 Å². The van der Waals surface area contributed by atoms with E-state index in [4.69, 9.17) is 5.11 Å². The predicted molar refractivity (Wildman–Crippen MR) is 84.3 cm³/mol. The molecule has 0 aliphatic rings. The van der Waals surface area contributed by atoms with Crippen LogP contribution < -0.4 is 5.32 Å². The second-order valence-corrected chi connectivity index (χ2v) is 5.52. The first-order chi connectivity index (χ1) is 10.1. The van der Waals surface area contributed by atoms with Crippen LogP contribution in [0.4, 0.5) is 0 Å². The first-order valence-corrected chi connectivity index (χ1v) is 7.18. The third-order valence-electron chi connectivity index (χ3n) is 3.53. The van der Waals surface area contributed by atoms with Crippen LogP contribution in [0.5, 0.6) is 0 Å². The van der Waals surface area contributed by atoms with Crippen LogP contribution in [0.25, 0.3) is 0 Å². The zero-order valence-corrected chi connectivity index (χ0v) is 12.4. The maximum Gasteiger partial charge on any atom is 0.335 e. The molecule has 2 aromatic carbocycles. The molecule has 0 fully saturated rings. The van der Waals surface area contributed by atoms with Crippen LogP contribution in [0, 0.1) is 5.92 Å². The molecule has 1 unspecified atom stereocenters. The van der Waals surface area contributed by atoms with Crippen LogP contribution in [-0.2, 0) is 6.54 Å². The van der Waals surface area contributed by atoms with Gasteiger partial charge in [0, 0.05) is 12.6 Å². The Balaban J connectivity index is 2.09. The van der Waals surface area contributed by atoms with E-state index in [1.54, 1.807) is 18.2 Å². The van der Waals surface area contributed by atoms with E-state index >= 15 is 0 Å². The summed E-state index contributed by atoms with van der Waals surface area (Å²) in [7, 11) is 0. The van der Waals surface area contributed by atoms with Crippen LogP contribution in [0.15, 0.2) is 54.6 Å². The molecule has 0 saturated heterocycles. The molecule has 3 heteroatoms. The van der Waals surface area contributed by atoms with Gasteiger partial charge in [-0.3, -0.25) is 0 Å². The van der Waals surface area contributed by atoms with Gasteiger partial charge in [-0.05, 0) is 29.2 Å². The van der Waals surface area contributed by atoms with E-state index in [9.17, 15) is 4.79 Å². The normalized spacial score (nSPS) is 12.3. The van der Waals surface area contributed by atoms with Crippen LogP contribution in [-0.4, -0.2) is 11.1 Å². The molecule has 0 spiro atoms. The van der Waals surface area contributed by atoms with E-state index in [-0.39, 0.29) is 6.04 Å². The summed E-state index contributed by atoms with van der Waals surface area (Å²) in [5.41, 5.74) is 2.56. The van der Waals surface area contributed by atoms with Crippen LogP contribution in [0.3, 0.4) is 0 Å². The fourth-order valence-electron chi connectivity index (χ4n) is 2.44. The van der Waals surface area contributed by atoms with Gasteiger partial charge in [0.1, 0.15) is 0 Å². The topological polar surface area (TPSA) is 49.3 Å². The SMILES string of the molecule is CC(C)C(NCc1cccc(C(=O)O)c1)c1ccccc1. The van der Waals surface area contributed by atoms with Gasteiger partial charge in [0.15, 0.2) is 0 Å². The quantitative estimate of drug-likeness (QED) is 0.846. The van der Waals surface area contributed by atoms with Crippen molar-refractivity contribution in [2.75, 3.05) is 0 Å². The first-order valence-electron chi connectivity index (χ1n) is 7.18. The Hall–Kier alpha value is -2.13. The minimum atomic E-state index is -0.889. The summed E-state index contributed by atoms with van der Waals surface area (Å²) in [5.74, 6) is -0.435. The van der Waals surface area contributed by atoms with Gasteiger partial charge in [-0.25, -0.2) is 4.79 Å². The molecule has 3 nitrogen and oxygen atoms in total. The van der Waals surface area contributed by atoms with Gasteiger partial charge < -0.3 is 10.4 Å². The van der Waals surface area contributed by atoms with Crippen molar-refractivity contribution >= 4 is 5.97 Å². The Morgan fingerprint density at radius 2 is 1.81 bits per heavy atom. The van der Waals surface area contributed by atoms with Gasteiger partial charge in [-0.1, -0.05) is 56.3 Å². The molecule has 2 rings (SSSR count).